The number of carbonyl (C=O) groups excluding carboxylic acids is 1. The van der Waals surface area contributed by atoms with Gasteiger partial charge in [-0.2, -0.15) is 0 Å². The summed E-state index contributed by atoms with van der Waals surface area (Å²) < 4.78 is 5.06. The van der Waals surface area contributed by atoms with Gasteiger partial charge < -0.3 is 15.2 Å². The molecule has 0 aromatic carbocycles. The van der Waals surface area contributed by atoms with Gasteiger partial charge in [-0.25, -0.2) is 4.79 Å². The van der Waals surface area contributed by atoms with Crippen molar-refractivity contribution in [3.63, 3.8) is 0 Å². The third kappa shape index (κ3) is 5.80. The van der Waals surface area contributed by atoms with Crippen molar-refractivity contribution in [3.05, 3.63) is 0 Å². The van der Waals surface area contributed by atoms with Crippen molar-refractivity contribution in [1.82, 2.24) is 5.32 Å². The van der Waals surface area contributed by atoms with E-state index < -0.39 is 17.8 Å². The van der Waals surface area contributed by atoms with Crippen LogP contribution in [0.4, 0.5) is 4.79 Å². The second-order valence-electron chi connectivity index (χ2n) is 4.40. The molecular weight excluding hydrogens is 182 g/mol. The second kappa shape index (κ2) is 5.20. The minimum atomic E-state index is -0.562. The average Bonchev–Trinajstić information content (AvgIpc) is 1.96. The van der Waals surface area contributed by atoms with Gasteiger partial charge in [-0.15, -0.1) is 0 Å². The summed E-state index contributed by atoms with van der Waals surface area (Å²) in [4.78, 5) is 11.3. The molecule has 0 saturated carbocycles. The fourth-order valence-corrected chi connectivity index (χ4v) is 1.02. The van der Waals surface area contributed by atoms with Gasteiger partial charge >= 0.3 is 6.09 Å². The molecule has 0 aliphatic carbocycles. The zero-order chi connectivity index (χ0) is 11.4. The molecule has 0 aromatic rings. The Labute approximate surface area is 85.6 Å². The highest BCUT2D eigenvalue weighted by Crippen LogP contribution is 2.07. The molecule has 0 aliphatic heterocycles. The minimum absolute atomic E-state index is 0.246. The van der Waals surface area contributed by atoms with Gasteiger partial charge in [0.2, 0.25) is 0 Å². The van der Waals surface area contributed by atoms with Crippen LogP contribution in [0.5, 0.6) is 0 Å². The maximum Gasteiger partial charge on any atom is 0.407 e. The van der Waals surface area contributed by atoms with Crippen LogP contribution in [-0.4, -0.2) is 28.9 Å². The molecule has 0 heterocycles. The molecule has 0 saturated heterocycles. The normalized spacial score (nSPS) is 15.9. The standard InChI is InChI=1S/C10H21NO3/c1-6-8(7(2)12)11-9(13)14-10(3,4)5/h7-8,12H,6H2,1-5H3,(H,11,13). The van der Waals surface area contributed by atoms with Crippen LogP contribution in [0.3, 0.4) is 0 Å². The van der Waals surface area contributed by atoms with E-state index in [1.165, 1.54) is 0 Å². The van der Waals surface area contributed by atoms with Gasteiger partial charge in [0, 0.05) is 0 Å². The predicted molar refractivity (Wildman–Crippen MR) is 55.1 cm³/mol. The zero-order valence-electron chi connectivity index (χ0n) is 9.63. The Morgan fingerprint density at radius 3 is 2.29 bits per heavy atom. The van der Waals surface area contributed by atoms with Crippen molar-refractivity contribution in [2.75, 3.05) is 0 Å². The lowest BCUT2D eigenvalue weighted by Crippen LogP contribution is -2.44. The van der Waals surface area contributed by atoms with Crippen molar-refractivity contribution in [1.29, 1.82) is 0 Å². The molecule has 0 bridgehead atoms. The fourth-order valence-electron chi connectivity index (χ4n) is 1.02. The number of aliphatic hydroxyl groups is 1. The van der Waals surface area contributed by atoms with Crippen LogP contribution in [0.2, 0.25) is 0 Å². The molecule has 0 rings (SSSR count). The van der Waals surface area contributed by atoms with E-state index >= 15 is 0 Å². The number of hydrogen-bond acceptors (Lipinski definition) is 3. The van der Waals surface area contributed by atoms with Crippen LogP contribution in [0, 0.1) is 0 Å². The highest BCUT2D eigenvalue weighted by molar-refractivity contribution is 5.68. The Bertz CT molecular complexity index is 184. The summed E-state index contributed by atoms with van der Waals surface area (Å²) in [6.45, 7) is 8.95. The van der Waals surface area contributed by atoms with E-state index in [0.29, 0.717) is 6.42 Å². The molecule has 0 aromatic heterocycles. The Balaban J connectivity index is 4.04. The molecule has 0 spiro atoms. The van der Waals surface area contributed by atoms with Crippen LogP contribution in [0.25, 0.3) is 0 Å². The lowest BCUT2D eigenvalue weighted by molar-refractivity contribution is 0.0434. The molecule has 2 unspecified atom stereocenters. The van der Waals surface area contributed by atoms with Crippen molar-refractivity contribution in [3.8, 4) is 0 Å². The summed E-state index contributed by atoms with van der Waals surface area (Å²) in [6.07, 6.45) is -0.366. The lowest BCUT2D eigenvalue weighted by atomic mass is 10.1. The summed E-state index contributed by atoms with van der Waals surface area (Å²) in [5, 5.41) is 11.9. The van der Waals surface area contributed by atoms with Crippen LogP contribution in [-0.2, 0) is 4.74 Å². The van der Waals surface area contributed by atoms with Crippen LogP contribution in [0.15, 0.2) is 0 Å². The summed E-state index contributed by atoms with van der Waals surface area (Å²) in [7, 11) is 0. The van der Waals surface area contributed by atoms with E-state index in [-0.39, 0.29) is 6.04 Å². The highest BCUT2D eigenvalue weighted by Gasteiger charge is 2.20. The number of ether oxygens (including phenoxy) is 1. The van der Waals surface area contributed by atoms with Crippen molar-refractivity contribution in [2.45, 2.75) is 58.8 Å². The molecule has 2 atom stereocenters. The number of amides is 1. The topological polar surface area (TPSA) is 58.6 Å². The van der Waals surface area contributed by atoms with E-state index in [1.54, 1.807) is 27.7 Å². The molecule has 4 nitrogen and oxygen atoms in total. The molecule has 14 heavy (non-hydrogen) atoms. The molecule has 0 aliphatic rings. The van der Waals surface area contributed by atoms with Crippen LogP contribution < -0.4 is 5.32 Å². The number of alkyl carbamates (subject to hydrolysis) is 1. The summed E-state index contributed by atoms with van der Waals surface area (Å²) in [5.74, 6) is 0. The third-order valence-corrected chi connectivity index (χ3v) is 1.72. The lowest BCUT2D eigenvalue weighted by Gasteiger charge is -2.24. The van der Waals surface area contributed by atoms with Gasteiger partial charge in [0.15, 0.2) is 0 Å². The monoisotopic (exact) mass is 203 g/mol. The quantitative estimate of drug-likeness (QED) is 0.733. The predicted octanol–water partition coefficient (Wildman–Crippen LogP) is 1.67. The number of nitrogens with one attached hydrogen (secondary N) is 1. The van der Waals surface area contributed by atoms with E-state index in [2.05, 4.69) is 5.32 Å². The van der Waals surface area contributed by atoms with Gasteiger partial charge in [0.1, 0.15) is 5.60 Å². The largest absolute Gasteiger partial charge is 0.444 e. The molecule has 1 amide bonds. The van der Waals surface area contributed by atoms with E-state index in [1.807, 2.05) is 6.92 Å². The molecule has 0 radical (unpaired) electrons. The molecule has 0 fully saturated rings. The maximum atomic E-state index is 11.3. The second-order valence-corrected chi connectivity index (χ2v) is 4.40. The Hall–Kier alpha value is -0.770. The van der Waals surface area contributed by atoms with Gasteiger partial charge in [-0.1, -0.05) is 6.92 Å². The number of carbonyl (C=O) groups is 1. The SMILES string of the molecule is CCC(NC(=O)OC(C)(C)C)C(C)O. The van der Waals surface area contributed by atoms with Gasteiger partial charge in [-0.3, -0.25) is 0 Å². The summed E-state index contributed by atoms with van der Waals surface area (Å²) in [6, 6.07) is -0.246. The molecule has 4 heteroatoms. The van der Waals surface area contributed by atoms with E-state index in [9.17, 15) is 9.90 Å². The first kappa shape index (κ1) is 13.2. The number of rotatable bonds is 3. The van der Waals surface area contributed by atoms with E-state index in [0.717, 1.165) is 0 Å². The first-order valence-electron chi connectivity index (χ1n) is 4.94. The Morgan fingerprint density at radius 1 is 1.50 bits per heavy atom. The summed E-state index contributed by atoms with van der Waals surface area (Å²) >= 11 is 0. The smallest absolute Gasteiger partial charge is 0.407 e. The van der Waals surface area contributed by atoms with Crippen LogP contribution in [0.1, 0.15) is 41.0 Å². The van der Waals surface area contributed by atoms with Gasteiger partial charge in [0.05, 0.1) is 12.1 Å². The number of aliphatic hydroxyl groups excluding tert-OH is 1. The molecule has 2 N–H and O–H groups in total. The average molecular weight is 203 g/mol. The Kier molecular flexibility index (Phi) is 4.91. The van der Waals surface area contributed by atoms with Crippen molar-refractivity contribution < 1.29 is 14.6 Å². The van der Waals surface area contributed by atoms with Crippen molar-refractivity contribution in [2.24, 2.45) is 0 Å². The van der Waals surface area contributed by atoms with Gasteiger partial charge in [0.25, 0.3) is 0 Å². The maximum absolute atomic E-state index is 11.3. The zero-order valence-corrected chi connectivity index (χ0v) is 9.63. The van der Waals surface area contributed by atoms with Crippen molar-refractivity contribution >= 4 is 6.09 Å². The first-order valence-corrected chi connectivity index (χ1v) is 4.94. The minimum Gasteiger partial charge on any atom is -0.444 e. The summed E-state index contributed by atoms with van der Waals surface area (Å²) in [5.41, 5.74) is -0.499. The third-order valence-electron chi connectivity index (χ3n) is 1.72. The van der Waals surface area contributed by atoms with Crippen LogP contribution >= 0.6 is 0 Å². The highest BCUT2D eigenvalue weighted by atomic mass is 16.6. The molecule has 84 valence electrons. The van der Waals surface area contributed by atoms with E-state index in [4.69, 9.17) is 4.74 Å². The Morgan fingerprint density at radius 2 is 2.00 bits per heavy atom. The molecular formula is C10H21NO3. The fraction of sp³-hybridized carbons (Fsp3) is 0.900. The number of hydrogen-bond donors (Lipinski definition) is 2. The van der Waals surface area contributed by atoms with Gasteiger partial charge in [-0.05, 0) is 34.1 Å². The first-order chi connectivity index (χ1) is 6.26.